The largest absolute Gasteiger partial charge is 0.493 e. The van der Waals surface area contributed by atoms with Crippen LogP contribution in [0.1, 0.15) is 48.2 Å². The lowest BCUT2D eigenvalue weighted by Gasteiger charge is -2.19. The van der Waals surface area contributed by atoms with Crippen LogP contribution in [0.3, 0.4) is 0 Å². The molecular formula is C24H31N3O2. The van der Waals surface area contributed by atoms with E-state index in [1.54, 1.807) is 0 Å². The summed E-state index contributed by atoms with van der Waals surface area (Å²) in [6, 6.07) is 13.6. The molecule has 0 aromatic heterocycles. The molecule has 0 radical (unpaired) electrons. The molecule has 3 rings (SSSR count). The van der Waals surface area contributed by atoms with E-state index in [0.717, 1.165) is 48.4 Å². The fraction of sp³-hybridized carbons (Fsp3) is 0.375. The summed E-state index contributed by atoms with van der Waals surface area (Å²) >= 11 is 0. The van der Waals surface area contributed by atoms with Crippen LogP contribution in [-0.4, -0.2) is 43.6 Å². The summed E-state index contributed by atoms with van der Waals surface area (Å²) in [5.74, 6) is 0.908. The maximum absolute atomic E-state index is 12.6. The number of anilines is 1. The molecule has 5 heteroatoms. The van der Waals surface area contributed by atoms with Crippen LogP contribution >= 0.6 is 0 Å². The Morgan fingerprint density at radius 1 is 1.10 bits per heavy atom. The Morgan fingerprint density at radius 2 is 1.86 bits per heavy atom. The Hall–Kier alpha value is -2.79. The average molecular weight is 394 g/mol. The number of fused-ring (bicyclic) bond motifs is 1. The highest BCUT2D eigenvalue weighted by Gasteiger charge is 2.15. The Balaban J connectivity index is 1.98. The number of hydrogen-bond acceptors (Lipinski definition) is 4. The highest BCUT2D eigenvalue weighted by molar-refractivity contribution is 5.95. The molecule has 154 valence electrons. The Bertz CT molecular complexity index is 855. The molecule has 3 N–H and O–H groups in total. The number of amides is 1. The van der Waals surface area contributed by atoms with Gasteiger partial charge >= 0.3 is 0 Å². The van der Waals surface area contributed by atoms with Crippen molar-refractivity contribution in [3.63, 3.8) is 0 Å². The fourth-order valence-corrected chi connectivity index (χ4v) is 3.58. The van der Waals surface area contributed by atoms with Gasteiger partial charge in [-0.25, -0.2) is 0 Å². The Kier molecular flexibility index (Phi) is 7.30. The molecule has 5 nitrogen and oxygen atoms in total. The maximum atomic E-state index is 12.6. The molecule has 0 bridgehead atoms. The van der Waals surface area contributed by atoms with Crippen molar-refractivity contribution < 1.29 is 9.53 Å². The van der Waals surface area contributed by atoms with E-state index in [4.69, 9.17) is 10.5 Å². The van der Waals surface area contributed by atoms with E-state index < -0.39 is 0 Å². The summed E-state index contributed by atoms with van der Waals surface area (Å²) < 4.78 is 6.05. The molecule has 0 saturated carbocycles. The average Bonchev–Trinajstić information content (AvgIpc) is 2.78. The van der Waals surface area contributed by atoms with Gasteiger partial charge in [0, 0.05) is 29.9 Å². The topological polar surface area (TPSA) is 67.6 Å². The lowest BCUT2D eigenvalue weighted by Crippen LogP contribution is -2.30. The van der Waals surface area contributed by atoms with Gasteiger partial charge in [-0.2, -0.15) is 0 Å². The highest BCUT2D eigenvalue weighted by Crippen LogP contribution is 2.33. The lowest BCUT2D eigenvalue weighted by atomic mass is 9.94. The van der Waals surface area contributed by atoms with Gasteiger partial charge in [-0.1, -0.05) is 18.2 Å². The first-order valence-corrected chi connectivity index (χ1v) is 10.5. The second-order valence-electron chi connectivity index (χ2n) is 7.17. The molecule has 0 atom stereocenters. The first-order valence-electron chi connectivity index (χ1n) is 10.5. The van der Waals surface area contributed by atoms with E-state index in [1.807, 2.05) is 61.2 Å². The fourth-order valence-electron chi connectivity index (χ4n) is 3.58. The zero-order chi connectivity index (χ0) is 20.6. The molecule has 1 aliphatic rings. The van der Waals surface area contributed by atoms with Crippen LogP contribution in [0, 0.1) is 0 Å². The van der Waals surface area contributed by atoms with E-state index in [2.05, 4.69) is 11.4 Å². The Morgan fingerprint density at radius 3 is 2.59 bits per heavy atom. The molecule has 0 aliphatic carbocycles. The van der Waals surface area contributed by atoms with Crippen LogP contribution < -0.4 is 15.8 Å². The van der Waals surface area contributed by atoms with Gasteiger partial charge in [-0.15, -0.1) is 0 Å². The SMILES string of the molecule is CCN(CC)C(=O)c1ccc(/C2=C/CCNCCCOc3ccc(N)cc32)cc1. The molecule has 0 saturated heterocycles. The predicted octanol–water partition coefficient (Wildman–Crippen LogP) is 3.94. The minimum Gasteiger partial charge on any atom is -0.493 e. The van der Waals surface area contributed by atoms with Crippen LogP contribution in [0.2, 0.25) is 0 Å². The monoisotopic (exact) mass is 393 g/mol. The number of nitrogens with zero attached hydrogens (tertiary/aromatic N) is 1. The first-order chi connectivity index (χ1) is 14.1. The number of nitrogens with two attached hydrogens (primary N) is 1. The zero-order valence-corrected chi connectivity index (χ0v) is 17.4. The zero-order valence-electron chi connectivity index (χ0n) is 17.4. The van der Waals surface area contributed by atoms with E-state index in [9.17, 15) is 4.79 Å². The van der Waals surface area contributed by atoms with E-state index >= 15 is 0 Å². The van der Waals surface area contributed by atoms with Crippen molar-refractivity contribution in [2.45, 2.75) is 26.7 Å². The van der Waals surface area contributed by atoms with Crippen molar-refractivity contribution >= 4 is 17.2 Å². The summed E-state index contributed by atoms with van der Waals surface area (Å²) in [6.45, 7) is 7.93. The van der Waals surface area contributed by atoms with Crippen molar-refractivity contribution in [2.75, 3.05) is 38.5 Å². The summed E-state index contributed by atoms with van der Waals surface area (Å²) in [6.07, 6.45) is 4.09. The number of carbonyl (C=O) groups excluding carboxylic acids is 1. The molecule has 1 amide bonds. The van der Waals surface area contributed by atoms with Crippen molar-refractivity contribution in [1.29, 1.82) is 0 Å². The Labute approximate surface area is 173 Å². The standard InChI is InChI=1S/C24H31N3O2/c1-3-27(4-2)24(28)19-10-8-18(9-11-19)21-7-5-14-26-15-6-16-29-23-13-12-20(25)17-22(21)23/h7-13,17,26H,3-6,14-16,25H2,1-2H3/b21-7-. The molecule has 1 aliphatic heterocycles. The summed E-state index contributed by atoms with van der Waals surface area (Å²) in [4.78, 5) is 14.5. The lowest BCUT2D eigenvalue weighted by molar-refractivity contribution is 0.0773. The van der Waals surface area contributed by atoms with E-state index in [0.29, 0.717) is 30.9 Å². The summed E-state index contributed by atoms with van der Waals surface area (Å²) in [5, 5.41) is 3.44. The van der Waals surface area contributed by atoms with E-state index in [1.165, 1.54) is 0 Å². The van der Waals surface area contributed by atoms with Crippen molar-refractivity contribution in [3.05, 3.63) is 65.2 Å². The quantitative estimate of drug-likeness (QED) is 0.772. The predicted molar refractivity (Wildman–Crippen MR) is 119 cm³/mol. The molecule has 0 unspecified atom stereocenters. The van der Waals surface area contributed by atoms with Gasteiger partial charge in [-0.05, 0) is 81.2 Å². The number of nitrogens with one attached hydrogen (secondary N) is 1. The number of nitrogen functional groups attached to an aromatic ring is 1. The number of hydrogen-bond donors (Lipinski definition) is 2. The third-order valence-corrected chi connectivity index (χ3v) is 5.21. The van der Waals surface area contributed by atoms with E-state index in [-0.39, 0.29) is 5.91 Å². The molecule has 2 aromatic carbocycles. The third kappa shape index (κ3) is 5.18. The smallest absolute Gasteiger partial charge is 0.253 e. The molecular weight excluding hydrogens is 362 g/mol. The third-order valence-electron chi connectivity index (χ3n) is 5.21. The van der Waals surface area contributed by atoms with Crippen molar-refractivity contribution in [1.82, 2.24) is 10.2 Å². The number of carbonyl (C=O) groups is 1. The van der Waals surface area contributed by atoms with Gasteiger partial charge in [0.2, 0.25) is 0 Å². The molecule has 0 fully saturated rings. The molecule has 2 aromatic rings. The van der Waals surface area contributed by atoms with Gasteiger partial charge in [0.15, 0.2) is 0 Å². The number of ether oxygens (including phenoxy) is 1. The van der Waals surface area contributed by atoms with Crippen molar-refractivity contribution in [2.24, 2.45) is 0 Å². The van der Waals surface area contributed by atoms with Gasteiger partial charge in [-0.3, -0.25) is 4.79 Å². The minimum absolute atomic E-state index is 0.0650. The van der Waals surface area contributed by atoms with Gasteiger partial charge in [0.1, 0.15) is 5.75 Å². The second kappa shape index (κ2) is 10.1. The number of rotatable bonds is 4. The van der Waals surface area contributed by atoms with Crippen molar-refractivity contribution in [3.8, 4) is 5.75 Å². The normalized spacial score (nSPS) is 16.6. The van der Waals surface area contributed by atoms with Gasteiger partial charge in [0.25, 0.3) is 5.91 Å². The van der Waals surface area contributed by atoms with Gasteiger partial charge in [0.05, 0.1) is 6.61 Å². The van der Waals surface area contributed by atoms with Crippen LogP contribution in [0.25, 0.3) is 5.57 Å². The van der Waals surface area contributed by atoms with Crippen LogP contribution in [0.15, 0.2) is 48.5 Å². The van der Waals surface area contributed by atoms with Crippen LogP contribution in [-0.2, 0) is 0 Å². The second-order valence-corrected chi connectivity index (χ2v) is 7.17. The first kappa shape index (κ1) is 20.9. The number of benzene rings is 2. The molecule has 0 spiro atoms. The summed E-state index contributed by atoms with van der Waals surface area (Å²) in [5.41, 5.74) is 10.6. The molecule has 1 heterocycles. The van der Waals surface area contributed by atoms with Gasteiger partial charge < -0.3 is 20.7 Å². The van der Waals surface area contributed by atoms with Crippen LogP contribution in [0.4, 0.5) is 5.69 Å². The highest BCUT2D eigenvalue weighted by atomic mass is 16.5. The van der Waals surface area contributed by atoms with Crippen LogP contribution in [0.5, 0.6) is 5.75 Å². The summed E-state index contributed by atoms with van der Waals surface area (Å²) in [7, 11) is 0. The molecule has 29 heavy (non-hydrogen) atoms. The minimum atomic E-state index is 0.0650. The maximum Gasteiger partial charge on any atom is 0.253 e.